The van der Waals surface area contributed by atoms with Crippen molar-refractivity contribution in [3.63, 3.8) is 0 Å². The molecule has 0 radical (unpaired) electrons. The van der Waals surface area contributed by atoms with Crippen molar-refractivity contribution in [3.05, 3.63) is 50.2 Å². The second kappa shape index (κ2) is 7.45. The molecule has 2 aromatic rings. The molecule has 1 aromatic heterocycles. The number of halogens is 1. The highest BCUT2D eigenvalue weighted by Gasteiger charge is 2.19. The summed E-state index contributed by atoms with van der Waals surface area (Å²) in [5.41, 5.74) is 5.85. The van der Waals surface area contributed by atoms with E-state index in [0.717, 1.165) is 0 Å². The Labute approximate surface area is 146 Å². The molecule has 1 heterocycles. The number of nitrogens with two attached hydrogens (primary N) is 1. The van der Waals surface area contributed by atoms with Gasteiger partial charge in [-0.15, -0.1) is 0 Å². The first-order valence-electron chi connectivity index (χ1n) is 6.86. The third-order valence-electron chi connectivity index (χ3n) is 3.27. The van der Waals surface area contributed by atoms with Gasteiger partial charge in [-0.3, -0.25) is 10.1 Å². The zero-order valence-corrected chi connectivity index (χ0v) is 13.4. The molecule has 0 unspecified atom stereocenters. The molecule has 25 heavy (non-hydrogen) atoms. The number of aromatic nitrogens is 2. The minimum absolute atomic E-state index is 0.00318. The number of rotatable bonds is 5. The zero-order valence-electron chi connectivity index (χ0n) is 12.7. The fraction of sp³-hybridized carbons (Fsp3) is 0.133. The van der Waals surface area contributed by atoms with Crippen molar-refractivity contribution < 1.29 is 10.0 Å². The Balaban J connectivity index is 2.58. The van der Waals surface area contributed by atoms with Gasteiger partial charge in [0.1, 0.15) is 34.2 Å². The highest BCUT2D eigenvalue weighted by molar-refractivity contribution is 6.32. The molecule has 0 bridgehead atoms. The Hall–Kier alpha value is -3.40. The molecule has 0 atom stereocenters. The zero-order chi connectivity index (χ0) is 18.6. The molecule has 0 aliphatic carbocycles. The van der Waals surface area contributed by atoms with Crippen molar-refractivity contribution in [2.45, 2.75) is 6.54 Å². The van der Waals surface area contributed by atoms with Gasteiger partial charge < -0.3 is 10.8 Å². The number of anilines is 1. The predicted molar refractivity (Wildman–Crippen MR) is 90.0 cm³/mol. The van der Waals surface area contributed by atoms with E-state index < -0.39 is 4.92 Å². The van der Waals surface area contributed by atoms with Crippen molar-refractivity contribution in [2.24, 2.45) is 0 Å². The van der Waals surface area contributed by atoms with E-state index in [9.17, 15) is 20.6 Å². The van der Waals surface area contributed by atoms with Crippen molar-refractivity contribution in [3.8, 4) is 12.1 Å². The molecule has 1 aromatic carbocycles. The van der Waals surface area contributed by atoms with E-state index in [1.807, 2.05) is 12.1 Å². The van der Waals surface area contributed by atoms with E-state index in [-0.39, 0.29) is 46.5 Å². The maximum absolute atomic E-state index is 11.0. The van der Waals surface area contributed by atoms with Gasteiger partial charge in [-0.25, -0.2) is 4.68 Å². The maximum Gasteiger partial charge on any atom is 0.288 e. The summed E-state index contributed by atoms with van der Waals surface area (Å²) in [6.07, 6.45) is 1.34. The van der Waals surface area contributed by atoms with Crippen molar-refractivity contribution in [2.75, 3.05) is 12.3 Å². The number of aliphatic hydroxyl groups is 1. The average Bonchev–Trinajstić information content (AvgIpc) is 2.90. The topological polar surface area (TPSA) is 155 Å². The SMILES string of the molecule is N#C/C(=C\c1ccc(Cl)c([N+](=O)[O-])c1)c1nn(CCO)c(N)c1C#N. The average molecular weight is 359 g/mol. The standard InChI is InChI=1S/C15H11ClN6O3/c16-12-2-1-9(6-13(12)22(24)25)5-10(7-17)14-11(8-18)15(19)21(20-14)3-4-23/h1-2,5-6,23H,3-4,19H2/b10-5+. The van der Waals surface area contributed by atoms with E-state index in [2.05, 4.69) is 5.10 Å². The summed E-state index contributed by atoms with van der Waals surface area (Å²) in [5.74, 6) is 0.0230. The molecule has 3 N–H and O–H groups in total. The van der Waals surface area contributed by atoms with Gasteiger partial charge in [0.25, 0.3) is 5.69 Å². The molecular weight excluding hydrogens is 348 g/mol. The highest BCUT2D eigenvalue weighted by Crippen LogP contribution is 2.28. The van der Waals surface area contributed by atoms with Crippen LogP contribution >= 0.6 is 11.6 Å². The lowest BCUT2D eigenvalue weighted by Crippen LogP contribution is -2.07. The Morgan fingerprint density at radius 2 is 2.24 bits per heavy atom. The Morgan fingerprint density at radius 3 is 2.80 bits per heavy atom. The third kappa shape index (κ3) is 3.58. The predicted octanol–water partition coefficient (Wildman–Crippen LogP) is 1.96. The maximum atomic E-state index is 11.0. The summed E-state index contributed by atoms with van der Waals surface area (Å²) in [6, 6.07) is 7.81. The summed E-state index contributed by atoms with van der Waals surface area (Å²) < 4.78 is 1.21. The summed E-state index contributed by atoms with van der Waals surface area (Å²) in [5, 5.41) is 42.6. The summed E-state index contributed by atoms with van der Waals surface area (Å²) in [6.45, 7) is -0.184. The number of nitriles is 2. The molecule has 2 rings (SSSR count). The summed E-state index contributed by atoms with van der Waals surface area (Å²) >= 11 is 5.76. The Kier molecular flexibility index (Phi) is 5.35. The van der Waals surface area contributed by atoms with Crippen LogP contribution in [0.2, 0.25) is 5.02 Å². The molecule has 0 aliphatic heterocycles. The number of aliphatic hydroxyl groups excluding tert-OH is 1. The number of nitrogen functional groups attached to an aromatic ring is 1. The molecule has 0 saturated carbocycles. The number of benzene rings is 1. The quantitative estimate of drug-likeness (QED) is 0.470. The second-order valence-corrected chi connectivity index (χ2v) is 5.21. The van der Waals surface area contributed by atoms with Crippen LogP contribution < -0.4 is 5.73 Å². The van der Waals surface area contributed by atoms with Crippen LogP contribution in [0.15, 0.2) is 18.2 Å². The van der Waals surface area contributed by atoms with Gasteiger partial charge in [0.15, 0.2) is 0 Å². The van der Waals surface area contributed by atoms with E-state index in [1.54, 1.807) is 0 Å². The fourth-order valence-electron chi connectivity index (χ4n) is 2.12. The molecule has 0 amide bonds. The molecule has 0 fully saturated rings. The van der Waals surface area contributed by atoms with Crippen LogP contribution in [0.25, 0.3) is 11.6 Å². The summed E-state index contributed by atoms with van der Waals surface area (Å²) in [4.78, 5) is 10.3. The largest absolute Gasteiger partial charge is 0.394 e. The molecule has 0 aliphatic rings. The van der Waals surface area contributed by atoms with Gasteiger partial charge in [-0.05, 0) is 17.7 Å². The highest BCUT2D eigenvalue weighted by atomic mass is 35.5. The van der Waals surface area contributed by atoms with E-state index in [1.165, 1.54) is 29.0 Å². The van der Waals surface area contributed by atoms with Gasteiger partial charge in [-0.1, -0.05) is 17.7 Å². The van der Waals surface area contributed by atoms with Gasteiger partial charge >= 0.3 is 0 Å². The first-order valence-corrected chi connectivity index (χ1v) is 7.24. The first-order chi connectivity index (χ1) is 11.9. The third-order valence-corrected chi connectivity index (χ3v) is 3.59. The van der Waals surface area contributed by atoms with Crippen LogP contribution in [0.4, 0.5) is 11.5 Å². The number of nitro benzene ring substituents is 1. The smallest absolute Gasteiger partial charge is 0.288 e. The second-order valence-electron chi connectivity index (χ2n) is 4.81. The van der Waals surface area contributed by atoms with Gasteiger partial charge in [0.2, 0.25) is 0 Å². The van der Waals surface area contributed by atoms with Crippen LogP contribution in [0.5, 0.6) is 0 Å². The monoisotopic (exact) mass is 358 g/mol. The number of nitro groups is 1. The van der Waals surface area contributed by atoms with Crippen molar-refractivity contribution >= 4 is 34.8 Å². The molecule has 0 saturated heterocycles. The normalized spacial score (nSPS) is 11.0. The van der Waals surface area contributed by atoms with Gasteiger partial charge in [-0.2, -0.15) is 15.6 Å². The van der Waals surface area contributed by atoms with Gasteiger partial charge in [0, 0.05) is 6.07 Å². The lowest BCUT2D eigenvalue weighted by molar-refractivity contribution is -0.384. The van der Waals surface area contributed by atoms with Crippen LogP contribution in [0, 0.1) is 32.8 Å². The van der Waals surface area contributed by atoms with Gasteiger partial charge in [0.05, 0.1) is 23.6 Å². The Bertz CT molecular complexity index is 951. The molecule has 126 valence electrons. The van der Waals surface area contributed by atoms with Crippen LogP contribution in [0.3, 0.4) is 0 Å². The minimum Gasteiger partial charge on any atom is -0.394 e. The van der Waals surface area contributed by atoms with E-state index in [4.69, 9.17) is 22.4 Å². The number of nitrogens with zero attached hydrogens (tertiary/aromatic N) is 5. The van der Waals surface area contributed by atoms with E-state index in [0.29, 0.717) is 5.56 Å². The van der Waals surface area contributed by atoms with Crippen LogP contribution in [-0.4, -0.2) is 26.4 Å². The van der Waals surface area contributed by atoms with Crippen LogP contribution in [0.1, 0.15) is 16.8 Å². The number of hydrogen-bond donors (Lipinski definition) is 2. The van der Waals surface area contributed by atoms with Crippen LogP contribution in [-0.2, 0) is 6.54 Å². The summed E-state index contributed by atoms with van der Waals surface area (Å²) in [7, 11) is 0. The fourth-order valence-corrected chi connectivity index (χ4v) is 2.31. The molecular formula is C15H11ClN6O3. The van der Waals surface area contributed by atoms with Crippen molar-refractivity contribution in [1.82, 2.24) is 9.78 Å². The molecule has 0 spiro atoms. The molecule has 10 heteroatoms. The number of allylic oxidation sites excluding steroid dienone is 1. The van der Waals surface area contributed by atoms with Crippen molar-refractivity contribution in [1.29, 1.82) is 10.5 Å². The lowest BCUT2D eigenvalue weighted by Gasteiger charge is -1.99. The minimum atomic E-state index is -0.639. The van der Waals surface area contributed by atoms with E-state index >= 15 is 0 Å². The number of hydrogen-bond acceptors (Lipinski definition) is 7. The Morgan fingerprint density at radius 1 is 1.52 bits per heavy atom. The lowest BCUT2D eigenvalue weighted by atomic mass is 10.1. The molecule has 9 nitrogen and oxygen atoms in total. The first kappa shape index (κ1) is 17.9.